The second kappa shape index (κ2) is 7.26. The van der Waals surface area contributed by atoms with Gasteiger partial charge in [-0.25, -0.2) is 13.6 Å². The first-order valence-electron chi connectivity index (χ1n) is 8.39. The van der Waals surface area contributed by atoms with E-state index in [-0.39, 0.29) is 18.7 Å². The van der Waals surface area contributed by atoms with Crippen LogP contribution in [0, 0.1) is 11.6 Å². The number of carbonyl (C=O) groups excluding carboxylic acids is 2. The lowest BCUT2D eigenvalue weighted by atomic mass is 9.91. The number of morpholine rings is 1. The van der Waals surface area contributed by atoms with Crippen LogP contribution >= 0.6 is 0 Å². The summed E-state index contributed by atoms with van der Waals surface area (Å²) in [5.74, 6) is -2.23. The predicted molar refractivity (Wildman–Crippen MR) is 87.2 cm³/mol. The number of nitrogens with one attached hydrogen (secondary N) is 1. The SMILES string of the molecule is C[C@@]1(c2cc(F)ccc2F)NC(=O)N(C[C@@H](O)CN2CCOCC2)C1=O. The van der Waals surface area contributed by atoms with E-state index in [1.165, 1.54) is 6.92 Å². The standard InChI is InChI=1S/C17H21F2N3O4/c1-17(13-8-11(18)2-3-14(13)19)15(24)22(16(25)20-17)10-12(23)9-21-4-6-26-7-5-21/h2-3,8,12,23H,4-7,9-10H2,1H3,(H,20,25)/t12-,17-/m0/s1. The van der Waals surface area contributed by atoms with Crippen molar-refractivity contribution in [1.82, 2.24) is 15.1 Å². The molecule has 142 valence electrons. The van der Waals surface area contributed by atoms with Crippen molar-refractivity contribution in [2.75, 3.05) is 39.4 Å². The summed E-state index contributed by atoms with van der Waals surface area (Å²) in [5.41, 5.74) is -1.97. The summed E-state index contributed by atoms with van der Waals surface area (Å²) < 4.78 is 32.8. The molecule has 0 spiro atoms. The third-order valence-electron chi connectivity index (χ3n) is 4.71. The number of carbonyl (C=O) groups is 2. The maximum absolute atomic E-state index is 14.1. The van der Waals surface area contributed by atoms with E-state index >= 15 is 0 Å². The molecule has 9 heteroatoms. The molecular weight excluding hydrogens is 348 g/mol. The lowest BCUT2D eigenvalue weighted by Gasteiger charge is -2.29. The van der Waals surface area contributed by atoms with Gasteiger partial charge in [-0.3, -0.25) is 14.6 Å². The van der Waals surface area contributed by atoms with Crippen molar-refractivity contribution in [3.8, 4) is 0 Å². The fraction of sp³-hybridized carbons (Fsp3) is 0.529. The summed E-state index contributed by atoms with van der Waals surface area (Å²) in [4.78, 5) is 27.8. The summed E-state index contributed by atoms with van der Waals surface area (Å²) in [6, 6.07) is 1.99. The lowest BCUT2D eigenvalue weighted by molar-refractivity contribution is -0.132. The van der Waals surface area contributed by atoms with Gasteiger partial charge in [-0.05, 0) is 25.1 Å². The molecule has 0 saturated carbocycles. The number of urea groups is 1. The Kier molecular flexibility index (Phi) is 5.22. The average Bonchev–Trinajstić information content (AvgIpc) is 2.82. The van der Waals surface area contributed by atoms with E-state index in [2.05, 4.69) is 5.32 Å². The summed E-state index contributed by atoms with van der Waals surface area (Å²) >= 11 is 0. The Bertz CT molecular complexity index is 711. The quantitative estimate of drug-likeness (QED) is 0.736. The van der Waals surface area contributed by atoms with Gasteiger partial charge in [0.2, 0.25) is 0 Å². The van der Waals surface area contributed by atoms with Crippen molar-refractivity contribution >= 4 is 11.9 Å². The molecule has 1 aromatic rings. The van der Waals surface area contributed by atoms with Gasteiger partial charge in [0.15, 0.2) is 0 Å². The minimum Gasteiger partial charge on any atom is -0.390 e. The van der Waals surface area contributed by atoms with Crippen LogP contribution in [0.2, 0.25) is 0 Å². The van der Waals surface area contributed by atoms with Gasteiger partial charge in [-0.15, -0.1) is 0 Å². The fourth-order valence-electron chi connectivity index (χ4n) is 3.28. The van der Waals surface area contributed by atoms with E-state index in [1.54, 1.807) is 0 Å². The minimum atomic E-state index is -1.72. The first-order chi connectivity index (χ1) is 12.3. The van der Waals surface area contributed by atoms with Gasteiger partial charge in [-0.1, -0.05) is 0 Å². The first-order valence-corrected chi connectivity index (χ1v) is 8.39. The van der Waals surface area contributed by atoms with Crippen LogP contribution < -0.4 is 5.32 Å². The fourth-order valence-corrected chi connectivity index (χ4v) is 3.28. The molecule has 2 aliphatic heterocycles. The normalized spacial score (nSPS) is 25.5. The van der Waals surface area contributed by atoms with Crippen LogP contribution in [0.25, 0.3) is 0 Å². The Balaban J connectivity index is 1.72. The highest BCUT2D eigenvalue weighted by Crippen LogP contribution is 2.31. The summed E-state index contributed by atoms with van der Waals surface area (Å²) in [5, 5.41) is 12.7. The summed E-state index contributed by atoms with van der Waals surface area (Å²) in [6.45, 7) is 3.81. The second-order valence-corrected chi connectivity index (χ2v) is 6.66. The first kappa shape index (κ1) is 18.7. The number of β-amino-alcohol motifs (C(OH)–C–C–N with tert-alkyl or cyclic N) is 1. The Morgan fingerprint density at radius 2 is 1.96 bits per heavy atom. The molecule has 0 radical (unpaired) electrons. The summed E-state index contributed by atoms with van der Waals surface area (Å²) in [7, 11) is 0. The average molecular weight is 369 g/mol. The van der Waals surface area contributed by atoms with Crippen LogP contribution in [-0.4, -0.2) is 72.3 Å². The van der Waals surface area contributed by atoms with Crippen molar-refractivity contribution in [2.45, 2.75) is 18.6 Å². The van der Waals surface area contributed by atoms with E-state index in [0.717, 1.165) is 23.1 Å². The zero-order valence-corrected chi connectivity index (χ0v) is 14.4. The molecule has 0 unspecified atom stereocenters. The Morgan fingerprint density at radius 1 is 1.27 bits per heavy atom. The van der Waals surface area contributed by atoms with Gasteiger partial charge in [0.1, 0.15) is 17.2 Å². The van der Waals surface area contributed by atoms with Crippen molar-refractivity contribution in [3.05, 3.63) is 35.4 Å². The van der Waals surface area contributed by atoms with Gasteiger partial charge in [-0.2, -0.15) is 0 Å². The van der Waals surface area contributed by atoms with Crippen molar-refractivity contribution in [3.63, 3.8) is 0 Å². The third-order valence-corrected chi connectivity index (χ3v) is 4.71. The Hall–Kier alpha value is -2.10. The molecule has 2 atom stereocenters. The monoisotopic (exact) mass is 369 g/mol. The predicted octanol–water partition coefficient (Wildman–Crippen LogP) is 0.425. The molecule has 2 heterocycles. The van der Waals surface area contributed by atoms with Gasteiger partial charge in [0, 0.05) is 25.2 Å². The zero-order chi connectivity index (χ0) is 18.9. The van der Waals surface area contributed by atoms with E-state index in [1.807, 2.05) is 4.90 Å². The highest BCUT2D eigenvalue weighted by atomic mass is 19.1. The molecule has 1 aromatic carbocycles. The van der Waals surface area contributed by atoms with Crippen LogP contribution in [0.5, 0.6) is 0 Å². The van der Waals surface area contributed by atoms with Crippen LogP contribution in [0.3, 0.4) is 0 Å². The van der Waals surface area contributed by atoms with Crippen LogP contribution in [-0.2, 0) is 15.1 Å². The molecule has 2 aliphatic rings. The molecule has 26 heavy (non-hydrogen) atoms. The highest BCUT2D eigenvalue weighted by molar-refractivity contribution is 6.07. The molecule has 2 N–H and O–H groups in total. The molecule has 0 aliphatic carbocycles. The molecule has 7 nitrogen and oxygen atoms in total. The molecule has 2 saturated heterocycles. The maximum atomic E-state index is 14.1. The van der Waals surface area contributed by atoms with Gasteiger partial charge in [0.25, 0.3) is 5.91 Å². The number of hydrogen-bond donors (Lipinski definition) is 2. The van der Waals surface area contributed by atoms with Gasteiger partial charge < -0.3 is 15.2 Å². The second-order valence-electron chi connectivity index (χ2n) is 6.66. The topological polar surface area (TPSA) is 82.1 Å². The van der Waals surface area contributed by atoms with Crippen LogP contribution in [0.15, 0.2) is 18.2 Å². The zero-order valence-electron chi connectivity index (χ0n) is 14.4. The number of amides is 3. The number of imide groups is 1. The molecule has 3 rings (SSSR count). The largest absolute Gasteiger partial charge is 0.390 e. The van der Waals surface area contributed by atoms with E-state index in [9.17, 15) is 23.5 Å². The number of ether oxygens (including phenoxy) is 1. The van der Waals surface area contributed by atoms with E-state index in [0.29, 0.717) is 26.3 Å². The van der Waals surface area contributed by atoms with Crippen LogP contribution in [0.1, 0.15) is 12.5 Å². The minimum absolute atomic E-state index is 0.228. The summed E-state index contributed by atoms with van der Waals surface area (Å²) in [6.07, 6.45) is -0.956. The smallest absolute Gasteiger partial charge is 0.325 e. The van der Waals surface area contributed by atoms with Crippen molar-refractivity contribution < 1.29 is 28.2 Å². The third kappa shape index (κ3) is 3.55. The Morgan fingerprint density at radius 3 is 2.65 bits per heavy atom. The van der Waals surface area contributed by atoms with E-state index < -0.39 is 35.2 Å². The number of halogens is 2. The maximum Gasteiger partial charge on any atom is 0.325 e. The molecule has 0 bridgehead atoms. The number of aliphatic hydroxyl groups excluding tert-OH is 1. The van der Waals surface area contributed by atoms with E-state index in [4.69, 9.17) is 4.74 Å². The van der Waals surface area contributed by atoms with Gasteiger partial charge in [0.05, 0.1) is 25.9 Å². The Labute approximate surface area is 149 Å². The molecular formula is C17H21F2N3O4. The highest BCUT2D eigenvalue weighted by Gasteiger charge is 2.50. The van der Waals surface area contributed by atoms with Crippen molar-refractivity contribution in [2.24, 2.45) is 0 Å². The number of aliphatic hydroxyl groups is 1. The lowest BCUT2D eigenvalue weighted by Crippen LogP contribution is -2.46. The van der Waals surface area contributed by atoms with Crippen LogP contribution in [0.4, 0.5) is 13.6 Å². The number of hydrogen-bond acceptors (Lipinski definition) is 5. The molecule has 0 aromatic heterocycles. The number of nitrogens with zero attached hydrogens (tertiary/aromatic N) is 2. The number of benzene rings is 1. The molecule has 3 amide bonds. The molecule has 2 fully saturated rings. The van der Waals surface area contributed by atoms with Gasteiger partial charge >= 0.3 is 6.03 Å². The van der Waals surface area contributed by atoms with Crippen molar-refractivity contribution in [1.29, 1.82) is 0 Å². The number of rotatable bonds is 5.